The van der Waals surface area contributed by atoms with Gasteiger partial charge in [-0.15, -0.1) is 0 Å². The van der Waals surface area contributed by atoms with Crippen molar-refractivity contribution in [2.24, 2.45) is 11.1 Å². The molecule has 1 heterocycles. The van der Waals surface area contributed by atoms with E-state index in [2.05, 4.69) is 0 Å². The van der Waals surface area contributed by atoms with Crippen molar-refractivity contribution in [3.8, 4) is 0 Å². The number of carbonyl (C=O) groups is 1. The van der Waals surface area contributed by atoms with Crippen molar-refractivity contribution in [1.82, 2.24) is 4.31 Å². The fourth-order valence-corrected chi connectivity index (χ4v) is 3.30. The molecule has 0 aliphatic carbocycles. The molecule has 0 bridgehead atoms. The van der Waals surface area contributed by atoms with Crippen LogP contribution in [0.3, 0.4) is 0 Å². The summed E-state index contributed by atoms with van der Waals surface area (Å²) in [6.45, 7) is 2.45. The number of hydrogen-bond donors (Lipinski definition) is 2. The van der Waals surface area contributed by atoms with Gasteiger partial charge in [0, 0.05) is 18.4 Å². The molecule has 1 saturated heterocycles. The number of unbranched alkanes of at least 4 members (excludes halogenated alkanes) is 1. The summed E-state index contributed by atoms with van der Waals surface area (Å²) >= 11 is 0. The number of piperidine rings is 1. The van der Waals surface area contributed by atoms with Gasteiger partial charge >= 0.3 is 5.97 Å². The second-order valence-electron chi connectivity index (χ2n) is 5.17. The van der Waals surface area contributed by atoms with Crippen LogP contribution in [0.5, 0.6) is 0 Å². The first-order valence-corrected chi connectivity index (χ1v) is 8.02. The standard InChI is InChI=1S/C11H21BN2O4S/c1-2-3-6-11(12,10(15)16)9-4-7-14(8-5-9)19(13,17)18/h9H,2-8H2,1H3,(H,15,16)(H2,13,17,18). The van der Waals surface area contributed by atoms with Gasteiger partial charge in [0.05, 0.1) is 7.85 Å². The van der Waals surface area contributed by atoms with E-state index < -0.39 is 21.5 Å². The topological polar surface area (TPSA) is 101 Å². The van der Waals surface area contributed by atoms with Crippen LogP contribution in [-0.2, 0) is 15.0 Å². The van der Waals surface area contributed by atoms with Crippen LogP contribution >= 0.6 is 0 Å². The van der Waals surface area contributed by atoms with E-state index in [9.17, 15) is 18.3 Å². The third-order valence-corrected chi connectivity index (χ3v) is 4.97. The Balaban J connectivity index is 2.73. The molecule has 1 unspecified atom stereocenters. The second kappa shape index (κ2) is 6.24. The molecule has 1 atom stereocenters. The lowest BCUT2D eigenvalue weighted by Gasteiger charge is -2.39. The summed E-state index contributed by atoms with van der Waals surface area (Å²) in [6.07, 6.45) is 2.91. The summed E-state index contributed by atoms with van der Waals surface area (Å²) in [7, 11) is 2.37. The first kappa shape index (κ1) is 16.5. The molecule has 108 valence electrons. The molecular weight excluding hydrogens is 267 g/mol. The Bertz CT molecular complexity index is 420. The predicted octanol–water partition coefficient (Wildman–Crippen LogP) is 0.504. The molecule has 0 saturated carbocycles. The number of hydrogen-bond acceptors (Lipinski definition) is 3. The van der Waals surface area contributed by atoms with E-state index in [1.54, 1.807) is 0 Å². The highest BCUT2D eigenvalue weighted by molar-refractivity contribution is 7.86. The van der Waals surface area contributed by atoms with Gasteiger partial charge in [-0.25, -0.2) is 5.14 Å². The maximum Gasteiger partial charge on any atom is 0.300 e. The maximum atomic E-state index is 11.4. The Hall–Kier alpha value is -0.595. The number of nitrogens with two attached hydrogens (primary N) is 1. The van der Waals surface area contributed by atoms with Gasteiger partial charge in [-0.1, -0.05) is 19.8 Å². The third-order valence-electron chi connectivity index (χ3n) is 3.88. The molecule has 1 rings (SSSR count). The van der Waals surface area contributed by atoms with Crippen molar-refractivity contribution >= 4 is 24.0 Å². The van der Waals surface area contributed by atoms with Crippen LogP contribution in [0.15, 0.2) is 0 Å². The van der Waals surface area contributed by atoms with Crippen molar-refractivity contribution in [3.63, 3.8) is 0 Å². The van der Waals surface area contributed by atoms with E-state index in [0.29, 0.717) is 19.3 Å². The molecule has 1 aliphatic rings. The second-order valence-corrected chi connectivity index (χ2v) is 6.71. The van der Waals surface area contributed by atoms with Crippen LogP contribution in [0.2, 0.25) is 5.31 Å². The number of nitrogens with zero attached hydrogens (tertiary/aromatic N) is 1. The molecular formula is C11H21BN2O4S. The fourth-order valence-electron chi connectivity index (χ4n) is 2.58. The molecule has 2 radical (unpaired) electrons. The first-order valence-electron chi connectivity index (χ1n) is 6.52. The summed E-state index contributed by atoms with van der Waals surface area (Å²) in [5.74, 6) is -1.22. The summed E-state index contributed by atoms with van der Waals surface area (Å²) < 4.78 is 23.6. The quantitative estimate of drug-likeness (QED) is 0.695. The summed E-state index contributed by atoms with van der Waals surface area (Å²) in [5, 5.41) is 13.1. The lowest BCUT2D eigenvalue weighted by molar-refractivity contribution is -0.143. The summed E-state index contributed by atoms with van der Waals surface area (Å²) in [5.41, 5.74) is 0. The summed E-state index contributed by atoms with van der Waals surface area (Å²) in [6, 6.07) is 0. The van der Waals surface area contributed by atoms with Gasteiger partial charge in [0.25, 0.3) is 10.2 Å². The van der Waals surface area contributed by atoms with Crippen molar-refractivity contribution in [3.05, 3.63) is 0 Å². The molecule has 8 heteroatoms. The van der Waals surface area contributed by atoms with Gasteiger partial charge in [0.2, 0.25) is 0 Å². The van der Waals surface area contributed by atoms with Crippen LogP contribution in [0.25, 0.3) is 0 Å². The zero-order chi connectivity index (χ0) is 14.7. The minimum absolute atomic E-state index is 0.213. The predicted molar refractivity (Wildman–Crippen MR) is 73.0 cm³/mol. The third kappa shape index (κ3) is 3.93. The van der Waals surface area contributed by atoms with Crippen LogP contribution < -0.4 is 5.14 Å². The van der Waals surface area contributed by atoms with E-state index in [4.69, 9.17) is 13.0 Å². The molecule has 1 fully saturated rings. The van der Waals surface area contributed by atoms with E-state index in [-0.39, 0.29) is 19.0 Å². The molecule has 6 nitrogen and oxygen atoms in total. The Morgan fingerprint density at radius 3 is 2.37 bits per heavy atom. The zero-order valence-electron chi connectivity index (χ0n) is 11.2. The van der Waals surface area contributed by atoms with Crippen molar-refractivity contribution < 1.29 is 18.3 Å². The minimum Gasteiger partial charge on any atom is -0.481 e. The molecule has 3 N–H and O–H groups in total. The normalized spacial score (nSPS) is 22.0. The lowest BCUT2D eigenvalue weighted by Crippen LogP contribution is -2.46. The molecule has 0 aromatic carbocycles. The van der Waals surface area contributed by atoms with E-state index in [1.807, 2.05) is 6.92 Å². The Morgan fingerprint density at radius 1 is 1.47 bits per heavy atom. The van der Waals surface area contributed by atoms with E-state index >= 15 is 0 Å². The monoisotopic (exact) mass is 288 g/mol. The molecule has 0 aromatic rings. The van der Waals surface area contributed by atoms with Crippen molar-refractivity contribution in [2.45, 2.75) is 44.3 Å². The van der Waals surface area contributed by atoms with Gasteiger partial charge in [0.1, 0.15) is 0 Å². The van der Waals surface area contributed by atoms with Crippen molar-refractivity contribution in [2.75, 3.05) is 13.1 Å². The van der Waals surface area contributed by atoms with Crippen LogP contribution in [-0.4, -0.2) is 44.7 Å². The zero-order valence-corrected chi connectivity index (χ0v) is 12.0. The molecule has 0 amide bonds. The van der Waals surface area contributed by atoms with Crippen molar-refractivity contribution in [1.29, 1.82) is 0 Å². The van der Waals surface area contributed by atoms with Gasteiger partial charge in [-0.3, -0.25) is 4.79 Å². The SMILES string of the molecule is [B]C(CCCC)(C(=O)O)C1CCN(S(N)(=O)=O)CC1. The number of rotatable bonds is 6. The number of carboxylic acid groups (broad SMARTS) is 1. The molecule has 1 aliphatic heterocycles. The largest absolute Gasteiger partial charge is 0.481 e. The molecule has 0 spiro atoms. The maximum absolute atomic E-state index is 11.4. The number of aliphatic carboxylic acids is 1. The molecule has 0 aromatic heterocycles. The van der Waals surface area contributed by atoms with E-state index in [1.165, 1.54) is 4.31 Å². The van der Waals surface area contributed by atoms with Gasteiger partial charge in [0.15, 0.2) is 0 Å². The summed E-state index contributed by atoms with van der Waals surface area (Å²) in [4.78, 5) is 11.4. The Morgan fingerprint density at radius 2 is 2.00 bits per heavy atom. The highest BCUT2D eigenvalue weighted by Crippen LogP contribution is 2.43. The highest BCUT2D eigenvalue weighted by Gasteiger charge is 2.42. The van der Waals surface area contributed by atoms with Gasteiger partial charge in [-0.2, -0.15) is 12.7 Å². The fraction of sp³-hybridized carbons (Fsp3) is 0.909. The average Bonchev–Trinajstić information content (AvgIpc) is 2.34. The first-order chi connectivity index (χ1) is 8.71. The number of carboxylic acids is 1. The Kier molecular flexibility index (Phi) is 5.40. The minimum atomic E-state index is -3.69. The van der Waals surface area contributed by atoms with Gasteiger partial charge < -0.3 is 5.11 Å². The highest BCUT2D eigenvalue weighted by atomic mass is 32.2. The Labute approximate surface area is 115 Å². The smallest absolute Gasteiger partial charge is 0.300 e. The molecule has 19 heavy (non-hydrogen) atoms. The van der Waals surface area contributed by atoms with E-state index in [0.717, 1.165) is 12.8 Å². The van der Waals surface area contributed by atoms with Crippen LogP contribution in [0, 0.1) is 5.92 Å². The van der Waals surface area contributed by atoms with Gasteiger partial charge in [-0.05, 0) is 25.2 Å². The van der Waals surface area contributed by atoms with Crippen LogP contribution in [0.1, 0.15) is 39.0 Å². The average molecular weight is 288 g/mol. The van der Waals surface area contributed by atoms with Crippen LogP contribution in [0.4, 0.5) is 0 Å². The lowest BCUT2D eigenvalue weighted by atomic mass is 9.56.